The number of carbonyl (C=O) groups excluding carboxylic acids is 2. The molecule has 17 heteroatoms. The highest BCUT2D eigenvalue weighted by Gasteiger charge is 2.35. The van der Waals surface area contributed by atoms with Crippen LogP contribution in [0.3, 0.4) is 0 Å². The molecule has 0 saturated heterocycles. The molecule has 0 bridgehead atoms. The Balaban J connectivity index is 1.54. The number of ether oxygens (including phenoxy) is 1. The molecule has 1 atom stereocenters. The van der Waals surface area contributed by atoms with Crippen molar-refractivity contribution < 1.29 is 45.7 Å². The van der Waals surface area contributed by atoms with Gasteiger partial charge in [0.25, 0.3) is 16.3 Å². The number of hydrogen-bond donors (Lipinski definition) is 1. The van der Waals surface area contributed by atoms with Gasteiger partial charge in [0, 0.05) is 25.3 Å². The van der Waals surface area contributed by atoms with Crippen LogP contribution in [0.25, 0.3) is 16.9 Å². The number of halogens is 3. The van der Waals surface area contributed by atoms with Crippen molar-refractivity contribution in [1.29, 1.82) is 0 Å². The number of rotatable bonds is 15. The van der Waals surface area contributed by atoms with Crippen LogP contribution in [0.5, 0.6) is 0 Å². The van der Waals surface area contributed by atoms with E-state index in [1.165, 1.54) is 43.2 Å². The molecule has 0 radical (unpaired) electrons. The van der Waals surface area contributed by atoms with Gasteiger partial charge < -0.3 is 9.94 Å². The summed E-state index contributed by atoms with van der Waals surface area (Å²) < 4.78 is 73.9. The zero-order valence-corrected chi connectivity index (χ0v) is 26.5. The molecule has 1 heterocycles. The zero-order chi connectivity index (χ0) is 34.1. The van der Waals surface area contributed by atoms with E-state index in [1.807, 2.05) is 11.6 Å². The summed E-state index contributed by atoms with van der Waals surface area (Å²) in [5, 5.41) is 20.1. The van der Waals surface area contributed by atoms with E-state index in [9.17, 15) is 36.4 Å². The number of amides is 1. The van der Waals surface area contributed by atoms with E-state index in [0.29, 0.717) is 24.8 Å². The molecular formula is C29H35F3N6O7S. The van der Waals surface area contributed by atoms with Crippen molar-refractivity contribution in [3.8, 4) is 16.9 Å². The molecule has 250 valence electrons. The normalized spacial score (nSPS) is 12.8. The van der Waals surface area contributed by atoms with Gasteiger partial charge in [-0.25, -0.2) is 17.8 Å². The number of hydrogen-bond acceptors (Lipinski definition) is 9. The van der Waals surface area contributed by atoms with E-state index < -0.39 is 40.1 Å². The van der Waals surface area contributed by atoms with Gasteiger partial charge in [-0.3, -0.25) is 14.4 Å². The first-order valence-corrected chi connectivity index (χ1v) is 15.7. The third-order valence-electron chi connectivity index (χ3n) is 6.52. The predicted molar refractivity (Wildman–Crippen MR) is 158 cm³/mol. The fourth-order valence-electron chi connectivity index (χ4n) is 4.02. The molecule has 2 aromatic carbocycles. The number of nitrogens with zero attached hydrogens (tertiary/aromatic N) is 5. The number of aromatic nitrogens is 2. The fraction of sp³-hybridized carbons (Fsp3) is 0.414. The highest BCUT2D eigenvalue weighted by Crippen LogP contribution is 2.33. The van der Waals surface area contributed by atoms with Gasteiger partial charge in [-0.15, -0.1) is 5.01 Å². The summed E-state index contributed by atoms with van der Waals surface area (Å²) in [5.74, 6) is -1.25. The molecule has 1 N–H and O–H groups in total. The van der Waals surface area contributed by atoms with Crippen LogP contribution in [-0.2, 0) is 35.4 Å². The molecule has 0 aliphatic carbocycles. The number of alkyl halides is 3. The summed E-state index contributed by atoms with van der Waals surface area (Å²) in [6.07, 6.45) is -4.41. The van der Waals surface area contributed by atoms with E-state index in [-0.39, 0.29) is 40.6 Å². The SMILES string of the molecule is CCC(=O)OC(C)O/N=[N+](\[O-])N(C)CCCCCC(=O)NS(=O)(=O)c1ccc(-n2nc(C(F)(F)F)cc2-c2ccc(C)cc2)cc1. The zero-order valence-electron chi connectivity index (χ0n) is 25.7. The van der Waals surface area contributed by atoms with Crippen LogP contribution >= 0.6 is 0 Å². The molecule has 1 aromatic heterocycles. The third-order valence-corrected chi connectivity index (χ3v) is 7.91. The lowest BCUT2D eigenvalue weighted by atomic mass is 10.1. The molecule has 3 aromatic rings. The molecule has 0 fully saturated rings. The minimum absolute atomic E-state index is 0.108. The second kappa shape index (κ2) is 15.6. The van der Waals surface area contributed by atoms with Crippen LogP contribution in [0.2, 0.25) is 0 Å². The van der Waals surface area contributed by atoms with Gasteiger partial charge in [-0.1, -0.05) is 43.2 Å². The Morgan fingerprint density at radius 1 is 1.11 bits per heavy atom. The number of nitrogens with one attached hydrogen (secondary N) is 1. The molecule has 0 saturated carbocycles. The number of aryl methyl sites for hydroxylation is 1. The molecular weight excluding hydrogens is 633 g/mol. The minimum atomic E-state index is -4.69. The number of hydrazine groups is 1. The number of sulfonamides is 1. The van der Waals surface area contributed by atoms with Gasteiger partial charge in [0.15, 0.2) is 5.69 Å². The smallest absolute Gasteiger partial charge is 0.435 e. The predicted octanol–water partition coefficient (Wildman–Crippen LogP) is 5.27. The average Bonchev–Trinajstić information content (AvgIpc) is 3.46. The van der Waals surface area contributed by atoms with Crippen molar-refractivity contribution in [3.05, 3.63) is 71.1 Å². The lowest BCUT2D eigenvalue weighted by Gasteiger charge is -2.14. The largest absolute Gasteiger partial charge is 0.569 e. The Kier molecular flexibility index (Phi) is 12.1. The topological polar surface area (TPSA) is 158 Å². The first-order chi connectivity index (χ1) is 21.6. The van der Waals surface area contributed by atoms with Crippen LogP contribution in [0.1, 0.15) is 57.2 Å². The van der Waals surface area contributed by atoms with Crippen LogP contribution < -0.4 is 4.72 Å². The van der Waals surface area contributed by atoms with Crippen LogP contribution in [0.4, 0.5) is 13.2 Å². The first kappa shape index (κ1) is 35.8. The Bertz CT molecular complexity index is 1630. The maximum atomic E-state index is 13.5. The summed E-state index contributed by atoms with van der Waals surface area (Å²) in [5.41, 5.74) is 0.654. The lowest BCUT2D eigenvalue weighted by Crippen LogP contribution is -2.30. The second-order valence-corrected chi connectivity index (χ2v) is 11.9. The highest BCUT2D eigenvalue weighted by atomic mass is 32.2. The maximum Gasteiger partial charge on any atom is 0.435 e. The number of esters is 1. The first-order valence-electron chi connectivity index (χ1n) is 14.3. The fourth-order valence-corrected chi connectivity index (χ4v) is 5.03. The molecule has 46 heavy (non-hydrogen) atoms. The molecule has 3 rings (SSSR count). The van der Waals surface area contributed by atoms with Crippen molar-refractivity contribution in [3.63, 3.8) is 0 Å². The van der Waals surface area contributed by atoms with Gasteiger partial charge in [-0.2, -0.15) is 18.3 Å². The van der Waals surface area contributed by atoms with Gasteiger partial charge in [0.2, 0.25) is 11.2 Å². The summed E-state index contributed by atoms with van der Waals surface area (Å²) >= 11 is 0. The molecule has 1 amide bonds. The Labute approximate surface area is 264 Å². The molecule has 13 nitrogen and oxygen atoms in total. The number of benzene rings is 2. The molecule has 0 aliphatic heterocycles. The van der Waals surface area contributed by atoms with Crippen LogP contribution in [0, 0.1) is 12.1 Å². The number of unbranched alkanes of at least 4 members (excludes halogenated alkanes) is 2. The Hall–Kier alpha value is -4.67. The van der Waals surface area contributed by atoms with Gasteiger partial charge >= 0.3 is 12.1 Å². The van der Waals surface area contributed by atoms with Crippen LogP contribution in [0.15, 0.2) is 64.8 Å². The van der Waals surface area contributed by atoms with E-state index >= 15 is 0 Å². The maximum absolute atomic E-state index is 13.5. The average molecular weight is 669 g/mol. The van der Waals surface area contributed by atoms with Crippen molar-refractivity contribution in [1.82, 2.24) is 19.5 Å². The van der Waals surface area contributed by atoms with Crippen molar-refractivity contribution >= 4 is 21.9 Å². The summed E-state index contributed by atoms with van der Waals surface area (Å²) in [7, 11) is -2.80. The highest BCUT2D eigenvalue weighted by molar-refractivity contribution is 7.90. The van der Waals surface area contributed by atoms with Crippen molar-refractivity contribution in [2.75, 3.05) is 13.6 Å². The standard InChI is InChI=1S/C29H35F3N6O7S/c1-5-28(40)44-21(3)45-35-38(41)36(4)18-8-6-7-9-27(39)34-46(42,43)24-16-14-23(15-17-24)37-25(19-26(33-37)29(30,31)32)22-12-10-20(2)11-13-22/h10-17,19,21H,5-9,18H2,1-4H3,(H,34,39)/b38-35-. The summed E-state index contributed by atoms with van der Waals surface area (Å²) in [6.45, 7) is 5.11. The van der Waals surface area contributed by atoms with Gasteiger partial charge in [0.1, 0.15) is 0 Å². The minimum Gasteiger partial charge on any atom is -0.569 e. The Morgan fingerprint density at radius 2 is 1.76 bits per heavy atom. The monoisotopic (exact) mass is 668 g/mol. The second-order valence-electron chi connectivity index (χ2n) is 10.3. The van der Waals surface area contributed by atoms with Crippen LogP contribution in [-0.4, -0.2) is 59.9 Å². The third kappa shape index (κ3) is 10.2. The van der Waals surface area contributed by atoms with Gasteiger partial charge in [-0.05, 0) is 50.1 Å². The quantitative estimate of drug-likeness (QED) is 0.0569. The molecule has 1 unspecified atom stereocenters. The summed E-state index contributed by atoms with van der Waals surface area (Å²) in [6, 6.07) is 12.7. The van der Waals surface area contributed by atoms with E-state index in [0.717, 1.165) is 16.3 Å². The lowest BCUT2D eigenvalue weighted by molar-refractivity contribution is -0.707. The number of carbonyl (C=O) groups is 2. The van der Waals surface area contributed by atoms with Gasteiger partial charge in [0.05, 0.1) is 34.8 Å². The summed E-state index contributed by atoms with van der Waals surface area (Å²) in [4.78, 5) is 28.3. The van der Waals surface area contributed by atoms with E-state index in [1.54, 1.807) is 31.2 Å². The van der Waals surface area contributed by atoms with E-state index in [2.05, 4.69) is 10.4 Å². The molecule has 0 spiro atoms. The van der Waals surface area contributed by atoms with Crippen molar-refractivity contribution in [2.45, 2.75) is 70.2 Å². The molecule has 0 aliphatic rings. The Morgan fingerprint density at radius 3 is 2.37 bits per heavy atom. The van der Waals surface area contributed by atoms with E-state index in [4.69, 9.17) is 9.57 Å². The van der Waals surface area contributed by atoms with Crippen molar-refractivity contribution in [2.24, 2.45) is 5.28 Å².